The monoisotopic (exact) mass is 588 g/mol. The molecule has 5 rings (SSSR count). The number of hydrogen-bond donors (Lipinski definition) is 1. The van der Waals surface area contributed by atoms with Gasteiger partial charge >= 0.3 is 0 Å². The predicted octanol–water partition coefficient (Wildman–Crippen LogP) is 7.65. The second kappa shape index (κ2) is 13.3. The molecule has 0 saturated heterocycles. The van der Waals surface area contributed by atoms with Crippen LogP contribution in [0.3, 0.4) is 0 Å². The van der Waals surface area contributed by atoms with Crippen molar-refractivity contribution in [3.05, 3.63) is 168 Å². The van der Waals surface area contributed by atoms with Gasteiger partial charge in [0, 0.05) is 5.75 Å². The van der Waals surface area contributed by atoms with Gasteiger partial charge in [0.15, 0.2) is 0 Å². The Balaban J connectivity index is 1.49. The molecule has 0 amide bonds. The molecule has 0 aromatic heterocycles. The SMILES string of the molecule is CC(C)(C)[Si](OC[C@@H](O)CSC(c1ccccc1)(c1ccccc1)c1ccccc1)(c1ccccc1)c1ccccc1. The van der Waals surface area contributed by atoms with Crippen molar-refractivity contribution in [2.45, 2.75) is 36.7 Å². The lowest BCUT2D eigenvalue weighted by Gasteiger charge is -2.43. The van der Waals surface area contributed by atoms with Gasteiger partial charge in [-0.05, 0) is 32.1 Å². The average Bonchev–Trinajstić information content (AvgIpc) is 3.04. The smallest absolute Gasteiger partial charge is 0.261 e. The maximum absolute atomic E-state index is 11.7. The molecule has 5 aromatic carbocycles. The van der Waals surface area contributed by atoms with Gasteiger partial charge in [-0.1, -0.05) is 172 Å². The zero-order valence-electron chi connectivity index (χ0n) is 24.7. The van der Waals surface area contributed by atoms with Crippen LogP contribution in [0.5, 0.6) is 0 Å². The van der Waals surface area contributed by atoms with Crippen molar-refractivity contribution in [1.82, 2.24) is 0 Å². The molecule has 0 spiro atoms. The van der Waals surface area contributed by atoms with E-state index >= 15 is 0 Å². The third-order valence-electron chi connectivity index (χ3n) is 7.94. The standard InChI is InChI=1S/C38H40O2SSi/c1-37(2,3)42(35-25-15-7-16-26-35,36-27-17-8-18-28-36)40-29-34(39)30-41-38(31-19-9-4-10-20-31,32-21-11-5-12-22-32)33-23-13-6-14-24-33/h4-28,34,39H,29-30H2,1-3H3/t34-/m1/s1. The van der Waals surface area contributed by atoms with Crippen molar-refractivity contribution < 1.29 is 9.53 Å². The molecule has 214 valence electrons. The summed E-state index contributed by atoms with van der Waals surface area (Å²) in [4.78, 5) is 0. The van der Waals surface area contributed by atoms with Gasteiger partial charge in [0.1, 0.15) is 0 Å². The third-order valence-corrected chi connectivity index (χ3v) is 14.6. The summed E-state index contributed by atoms with van der Waals surface area (Å²) in [6, 6.07) is 53.1. The lowest BCUT2D eigenvalue weighted by atomic mass is 9.84. The van der Waals surface area contributed by atoms with Crippen molar-refractivity contribution in [2.75, 3.05) is 12.4 Å². The first-order valence-electron chi connectivity index (χ1n) is 14.6. The van der Waals surface area contributed by atoms with Gasteiger partial charge < -0.3 is 9.53 Å². The first-order chi connectivity index (χ1) is 20.4. The molecule has 0 aliphatic heterocycles. The van der Waals surface area contributed by atoms with Crippen LogP contribution >= 0.6 is 11.8 Å². The lowest BCUT2D eigenvalue weighted by Crippen LogP contribution is -2.67. The van der Waals surface area contributed by atoms with E-state index in [2.05, 4.69) is 172 Å². The van der Waals surface area contributed by atoms with Gasteiger partial charge in [0.25, 0.3) is 8.32 Å². The van der Waals surface area contributed by atoms with E-state index in [4.69, 9.17) is 4.43 Å². The average molecular weight is 589 g/mol. The van der Waals surface area contributed by atoms with E-state index in [-0.39, 0.29) is 11.6 Å². The summed E-state index contributed by atoms with van der Waals surface area (Å²) < 4.78 is 6.60. The van der Waals surface area contributed by atoms with Gasteiger partial charge in [-0.15, -0.1) is 11.8 Å². The zero-order chi connectivity index (χ0) is 29.5. The van der Waals surface area contributed by atoms with Gasteiger partial charge in [0.05, 0.1) is 17.5 Å². The molecule has 0 aliphatic carbocycles. The van der Waals surface area contributed by atoms with Crippen LogP contribution in [0.1, 0.15) is 37.5 Å². The Labute approximate surface area is 256 Å². The first kappa shape index (κ1) is 30.1. The molecule has 1 atom stereocenters. The van der Waals surface area contributed by atoms with Crippen LogP contribution in [0, 0.1) is 0 Å². The molecular formula is C38H40O2SSi. The Morgan fingerprint density at radius 2 is 0.905 bits per heavy atom. The lowest BCUT2D eigenvalue weighted by molar-refractivity contribution is 0.120. The normalized spacial score (nSPS) is 13.0. The summed E-state index contributed by atoms with van der Waals surface area (Å²) in [6.45, 7) is 7.07. The van der Waals surface area contributed by atoms with Crippen molar-refractivity contribution >= 4 is 30.5 Å². The summed E-state index contributed by atoms with van der Waals surface area (Å²) in [7, 11) is -2.75. The molecule has 0 heterocycles. The van der Waals surface area contributed by atoms with Gasteiger partial charge in [-0.25, -0.2) is 0 Å². The Bertz CT molecular complexity index is 1370. The molecule has 42 heavy (non-hydrogen) atoms. The topological polar surface area (TPSA) is 29.5 Å². The second-order valence-electron chi connectivity index (χ2n) is 11.7. The summed E-state index contributed by atoms with van der Waals surface area (Å²) in [6.07, 6.45) is -0.660. The largest absolute Gasteiger partial charge is 0.405 e. The molecule has 2 nitrogen and oxygen atoms in total. The fourth-order valence-electron chi connectivity index (χ4n) is 6.02. The van der Waals surface area contributed by atoms with Crippen LogP contribution in [-0.4, -0.2) is 31.9 Å². The number of aliphatic hydroxyl groups is 1. The van der Waals surface area contributed by atoms with E-state index in [0.717, 1.165) is 0 Å². The van der Waals surface area contributed by atoms with Crippen molar-refractivity contribution in [1.29, 1.82) is 0 Å². The molecule has 4 heteroatoms. The van der Waals surface area contributed by atoms with Crippen LogP contribution in [0.4, 0.5) is 0 Å². The van der Waals surface area contributed by atoms with E-state index in [9.17, 15) is 5.11 Å². The van der Waals surface area contributed by atoms with Crippen molar-refractivity contribution in [2.24, 2.45) is 0 Å². The molecule has 5 aromatic rings. The molecule has 1 N–H and O–H groups in total. The van der Waals surface area contributed by atoms with Crippen LogP contribution in [0.25, 0.3) is 0 Å². The van der Waals surface area contributed by atoms with E-state index in [1.807, 2.05) is 0 Å². The minimum absolute atomic E-state index is 0.148. The highest BCUT2D eigenvalue weighted by Gasteiger charge is 2.50. The van der Waals surface area contributed by atoms with Crippen LogP contribution in [0.15, 0.2) is 152 Å². The first-order valence-corrected chi connectivity index (χ1v) is 17.5. The van der Waals surface area contributed by atoms with E-state index in [0.29, 0.717) is 5.75 Å². The Hall–Kier alpha value is -3.41. The number of benzene rings is 5. The summed E-state index contributed by atoms with van der Waals surface area (Å²) >= 11 is 1.77. The Kier molecular flexibility index (Phi) is 9.49. The number of aliphatic hydroxyl groups excluding tert-OH is 1. The molecule has 0 bridgehead atoms. The Morgan fingerprint density at radius 3 is 1.24 bits per heavy atom. The zero-order valence-corrected chi connectivity index (χ0v) is 26.5. The van der Waals surface area contributed by atoms with Crippen molar-refractivity contribution in [3.8, 4) is 0 Å². The van der Waals surface area contributed by atoms with E-state index < -0.39 is 19.2 Å². The predicted molar refractivity (Wildman–Crippen MR) is 181 cm³/mol. The number of thioether (sulfide) groups is 1. The fourth-order valence-corrected chi connectivity index (χ4v) is 12.1. The van der Waals surface area contributed by atoms with Crippen LogP contribution in [0.2, 0.25) is 5.04 Å². The van der Waals surface area contributed by atoms with Crippen LogP contribution < -0.4 is 10.4 Å². The van der Waals surface area contributed by atoms with Gasteiger partial charge in [-0.2, -0.15) is 0 Å². The second-order valence-corrected chi connectivity index (χ2v) is 17.3. The van der Waals surface area contributed by atoms with Crippen LogP contribution in [-0.2, 0) is 9.17 Å². The molecule has 0 saturated carbocycles. The molecule has 0 aliphatic rings. The quantitative estimate of drug-likeness (QED) is 0.127. The fraction of sp³-hybridized carbons (Fsp3) is 0.211. The minimum atomic E-state index is -2.75. The van der Waals surface area contributed by atoms with Crippen molar-refractivity contribution in [3.63, 3.8) is 0 Å². The van der Waals surface area contributed by atoms with Gasteiger partial charge in [-0.3, -0.25) is 0 Å². The van der Waals surface area contributed by atoms with E-state index in [1.165, 1.54) is 27.1 Å². The van der Waals surface area contributed by atoms with E-state index in [1.54, 1.807) is 11.8 Å². The maximum atomic E-state index is 11.7. The molecule has 0 radical (unpaired) electrons. The highest BCUT2D eigenvalue weighted by atomic mass is 32.2. The molecule has 0 unspecified atom stereocenters. The number of hydrogen-bond acceptors (Lipinski definition) is 3. The molecule has 0 fully saturated rings. The number of rotatable bonds is 11. The maximum Gasteiger partial charge on any atom is 0.261 e. The minimum Gasteiger partial charge on any atom is -0.405 e. The highest BCUT2D eigenvalue weighted by Crippen LogP contribution is 2.48. The highest BCUT2D eigenvalue weighted by molar-refractivity contribution is 8.00. The molecular weight excluding hydrogens is 549 g/mol. The third kappa shape index (κ3) is 6.04. The summed E-state index contributed by atoms with van der Waals surface area (Å²) in [5.74, 6) is 0.511. The summed E-state index contributed by atoms with van der Waals surface area (Å²) in [5, 5.41) is 13.9. The van der Waals surface area contributed by atoms with Gasteiger partial charge in [0.2, 0.25) is 0 Å². The Morgan fingerprint density at radius 1 is 0.571 bits per heavy atom. The summed E-state index contributed by atoms with van der Waals surface area (Å²) in [5.41, 5.74) is 3.56.